The summed E-state index contributed by atoms with van der Waals surface area (Å²) in [6.45, 7) is 2.06. The van der Waals surface area contributed by atoms with E-state index in [-0.39, 0.29) is 6.04 Å². The van der Waals surface area contributed by atoms with E-state index >= 15 is 0 Å². The minimum atomic E-state index is -0.186. The minimum absolute atomic E-state index is 0.186. The lowest BCUT2D eigenvalue weighted by Crippen LogP contribution is -2.14. The fraction of sp³-hybridized carbons (Fsp3) is 0.200. The molecule has 2 rings (SSSR count). The second-order valence-electron chi connectivity index (χ2n) is 4.43. The SMILES string of the molecule is Cc1ccc(CC(N)c2c(Cl)cccc2Cl)cc1. The Morgan fingerprint density at radius 1 is 1.00 bits per heavy atom. The van der Waals surface area contributed by atoms with Crippen LogP contribution in [-0.2, 0) is 6.42 Å². The Hall–Kier alpha value is -1.02. The molecule has 0 fully saturated rings. The minimum Gasteiger partial charge on any atom is -0.324 e. The maximum absolute atomic E-state index is 6.20. The number of hydrogen-bond acceptors (Lipinski definition) is 1. The van der Waals surface area contributed by atoms with Crippen molar-refractivity contribution in [2.45, 2.75) is 19.4 Å². The van der Waals surface area contributed by atoms with Crippen molar-refractivity contribution in [3.63, 3.8) is 0 Å². The van der Waals surface area contributed by atoms with Crippen LogP contribution in [0.5, 0.6) is 0 Å². The first-order valence-corrected chi connectivity index (χ1v) is 6.58. The van der Waals surface area contributed by atoms with Crippen LogP contribution in [0, 0.1) is 6.92 Å². The molecule has 0 heterocycles. The number of hydrogen-bond donors (Lipinski definition) is 1. The third-order valence-electron chi connectivity index (χ3n) is 2.95. The van der Waals surface area contributed by atoms with Crippen LogP contribution in [0.25, 0.3) is 0 Å². The predicted molar refractivity (Wildman–Crippen MR) is 78.3 cm³/mol. The molecule has 0 saturated carbocycles. The van der Waals surface area contributed by atoms with Crippen LogP contribution in [0.3, 0.4) is 0 Å². The number of halogens is 2. The Labute approximate surface area is 118 Å². The van der Waals surface area contributed by atoms with Crippen LogP contribution in [0.4, 0.5) is 0 Å². The van der Waals surface area contributed by atoms with Gasteiger partial charge in [0.15, 0.2) is 0 Å². The topological polar surface area (TPSA) is 26.0 Å². The Balaban J connectivity index is 2.22. The van der Waals surface area contributed by atoms with E-state index in [4.69, 9.17) is 28.9 Å². The quantitative estimate of drug-likeness (QED) is 0.877. The first-order valence-electron chi connectivity index (χ1n) is 5.83. The normalized spacial score (nSPS) is 12.4. The Bertz CT molecular complexity index is 514. The van der Waals surface area contributed by atoms with Gasteiger partial charge >= 0.3 is 0 Å². The van der Waals surface area contributed by atoms with E-state index in [9.17, 15) is 0 Å². The Kier molecular flexibility index (Phi) is 4.28. The van der Waals surface area contributed by atoms with Crippen molar-refractivity contribution in [3.05, 3.63) is 69.2 Å². The molecule has 2 aromatic carbocycles. The van der Waals surface area contributed by atoms with E-state index in [0.29, 0.717) is 10.0 Å². The van der Waals surface area contributed by atoms with Gasteiger partial charge in [0.05, 0.1) is 0 Å². The van der Waals surface area contributed by atoms with Gasteiger partial charge in [-0.05, 0) is 31.0 Å². The van der Waals surface area contributed by atoms with Gasteiger partial charge < -0.3 is 5.73 Å². The Morgan fingerprint density at radius 3 is 2.11 bits per heavy atom. The fourth-order valence-corrected chi connectivity index (χ4v) is 2.62. The maximum atomic E-state index is 6.20. The van der Waals surface area contributed by atoms with Crippen LogP contribution in [-0.4, -0.2) is 0 Å². The highest BCUT2D eigenvalue weighted by Gasteiger charge is 2.14. The van der Waals surface area contributed by atoms with Crippen LogP contribution in [0.1, 0.15) is 22.7 Å². The summed E-state index contributed by atoms with van der Waals surface area (Å²) < 4.78 is 0. The third kappa shape index (κ3) is 3.05. The largest absolute Gasteiger partial charge is 0.324 e. The molecule has 18 heavy (non-hydrogen) atoms. The van der Waals surface area contributed by atoms with Crippen LogP contribution < -0.4 is 5.73 Å². The maximum Gasteiger partial charge on any atom is 0.0468 e. The van der Waals surface area contributed by atoms with Gasteiger partial charge in [-0.2, -0.15) is 0 Å². The molecule has 1 atom stereocenters. The second kappa shape index (κ2) is 5.75. The van der Waals surface area contributed by atoms with Crippen LogP contribution in [0.15, 0.2) is 42.5 Å². The van der Waals surface area contributed by atoms with Gasteiger partial charge in [0, 0.05) is 21.7 Å². The fourth-order valence-electron chi connectivity index (χ4n) is 1.95. The van der Waals surface area contributed by atoms with E-state index < -0.39 is 0 Å². The zero-order valence-electron chi connectivity index (χ0n) is 10.2. The summed E-state index contributed by atoms with van der Waals surface area (Å²) in [7, 11) is 0. The van der Waals surface area contributed by atoms with Gasteiger partial charge in [-0.1, -0.05) is 59.1 Å². The van der Waals surface area contributed by atoms with Crippen molar-refractivity contribution >= 4 is 23.2 Å². The van der Waals surface area contributed by atoms with Gasteiger partial charge in [0.2, 0.25) is 0 Å². The van der Waals surface area contributed by atoms with Crippen molar-refractivity contribution in [2.24, 2.45) is 5.73 Å². The van der Waals surface area contributed by atoms with Crippen molar-refractivity contribution in [3.8, 4) is 0 Å². The molecular weight excluding hydrogens is 265 g/mol. The van der Waals surface area contributed by atoms with Crippen LogP contribution >= 0.6 is 23.2 Å². The summed E-state index contributed by atoms with van der Waals surface area (Å²) in [5.41, 5.74) is 9.44. The van der Waals surface area contributed by atoms with E-state index in [1.54, 1.807) is 0 Å². The van der Waals surface area contributed by atoms with Crippen LogP contribution in [0.2, 0.25) is 10.0 Å². The number of rotatable bonds is 3. The molecule has 1 nitrogen and oxygen atoms in total. The van der Waals surface area contributed by atoms with Crippen molar-refractivity contribution in [1.29, 1.82) is 0 Å². The third-order valence-corrected chi connectivity index (χ3v) is 3.61. The molecule has 2 aromatic rings. The molecule has 0 aliphatic rings. The Morgan fingerprint density at radius 2 is 1.56 bits per heavy atom. The van der Waals surface area contributed by atoms with Gasteiger partial charge in [-0.15, -0.1) is 0 Å². The highest BCUT2D eigenvalue weighted by atomic mass is 35.5. The second-order valence-corrected chi connectivity index (χ2v) is 5.25. The van der Waals surface area contributed by atoms with E-state index in [1.165, 1.54) is 11.1 Å². The van der Waals surface area contributed by atoms with Crippen molar-refractivity contribution in [2.75, 3.05) is 0 Å². The van der Waals surface area contributed by atoms with E-state index in [2.05, 4.69) is 31.2 Å². The molecule has 0 saturated heterocycles. The molecule has 3 heteroatoms. The number of nitrogens with two attached hydrogens (primary N) is 1. The molecule has 1 unspecified atom stereocenters. The molecule has 0 aliphatic carbocycles. The average molecular weight is 280 g/mol. The molecular formula is C15H15Cl2N. The lowest BCUT2D eigenvalue weighted by Gasteiger charge is -2.15. The highest BCUT2D eigenvalue weighted by Crippen LogP contribution is 2.30. The molecule has 0 amide bonds. The first-order chi connectivity index (χ1) is 8.58. The molecule has 0 aromatic heterocycles. The summed E-state index contributed by atoms with van der Waals surface area (Å²) in [5.74, 6) is 0. The molecule has 94 valence electrons. The summed E-state index contributed by atoms with van der Waals surface area (Å²) >= 11 is 12.3. The monoisotopic (exact) mass is 279 g/mol. The van der Waals surface area contributed by atoms with Crippen molar-refractivity contribution < 1.29 is 0 Å². The van der Waals surface area contributed by atoms with Gasteiger partial charge in [-0.3, -0.25) is 0 Å². The summed E-state index contributed by atoms with van der Waals surface area (Å²) in [6, 6.07) is 13.6. The summed E-state index contributed by atoms with van der Waals surface area (Å²) in [4.78, 5) is 0. The van der Waals surface area contributed by atoms with Gasteiger partial charge in [0.1, 0.15) is 0 Å². The summed E-state index contributed by atoms with van der Waals surface area (Å²) in [6.07, 6.45) is 0.726. The van der Waals surface area contributed by atoms with E-state index in [1.807, 2.05) is 18.2 Å². The average Bonchev–Trinajstić information content (AvgIpc) is 2.32. The molecule has 0 bridgehead atoms. The smallest absolute Gasteiger partial charge is 0.0468 e. The molecule has 0 spiro atoms. The lowest BCUT2D eigenvalue weighted by atomic mass is 9.99. The van der Waals surface area contributed by atoms with Gasteiger partial charge in [-0.25, -0.2) is 0 Å². The first kappa shape index (κ1) is 13.4. The molecule has 2 N–H and O–H groups in total. The van der Waals surface area contributed by atoms with E-state index in [0.717, 1.165) is 12.0 Å². The number of benzene rings is 2. The predicted octanol–water partition coefficient (Wildman–Crippen LogP) is 4.54. The zero-order valence-corrected chi connectivity index (χ0v) is 11.7. The summed E-state index contributed by atoms with van der Waals surface area (Å²) in [5, 5.41) is 1.25. The van der Waals surface area contributed by atoms with Gasteiger partial charge in [0.25, 0.3) is 0 Å². The molecule has 0 aliphatic heterocycles. The van der Waals surface area contributed by atoms with Crippen molar-refractivity contribution in [1.82, 2.24) is 0 Å². The number of aryl methyl sites for hydroxylation is 1. The standard InChI is InChI=1S/C15H15Cl2N/c1-10-5-7-11(8-6-10)9-14(18)15-12(16)3-2-4-13(15)17/h2-8,14H,9,18H2,1H3. The highest BCUT2D eigenvalue weighted by molar-refractivity contribution is 6.36. The zero-order chi connectivity index (χ0) is 13.1. The molecule has 0 radical (unpaired) electrons. The lowest BCUT2D eigenvalue weighted by molar-refractivity contribution is 0.722.